The quantitative estimate of drug-likeness (QED) is 0.841. The van der Waals surface area contributed by atoms with Crippen LogP contribution in [0.25, 0.3) is 0 Å². The van der Waals surface area contributed by atoms with E-state index in [1.165, 1.54) is 0 Å². The summed E-state index contributed by atoms with van der Waals surface area (Å²) in [5.41, 5.74) is 1.17. The van der Waals surface area contributed by atoms with Gasteiger partial charge in [-0.15, -0.1) is 0 Å². The molecule has 2 aliphatic rings. The van der Waals surface area contributed by atoms with E-state index in [9.17, 15) is 9.90 Å². The molecule has 3 rings (SSSR count). The second kappa shape index (κ2) is 4.36. The Kier molecular flexibility index (Phi) is 2.79. The number of nitrogens with zero attached hydrogens (tertiary/aromatic N) is 1. The third-order valence-electron chi connectivity index (χ3n) is 4.35. The minimum Gasteiger partial charge on any atom is -0.390 e. The fourth-order valence-electron chi connectivity index (χ4n) is 2.95. The van der Waals surface area contributed by atoms with E-state index in [-0.39, 0.29) is 11.9 Å². The SMILES string of the molecule is N#CC1(C(=O)NC2c3ccccc3CC2O)CCC1. The number of carbonyl (C=O) groups excluding carboxylic acids is 1. The van der Waals surface area contributed by atoms with Crippen LogP contribution in [0.3, 0.4) is 0 Å². The second-order valence-corrected chi connectivity index (χ2v) is 5.47. The molecule has 2 aliphatic carbocycles. The highest BCUT2D eigenvalue weighted by Gasteiger charge is 2.46. The molecule has 0 bridgehead atoms. The maximum absolute atomic E-state index is 12.2. The zero-order valence-corrected chi connectivity index (χ0v) is 10.6. The Morgan fingerprint density at radius 1 is 1.42 bits per heavy atom. The molecule has 0 heterocycles. The molecular formula is C15H16N2O2. The molecule has 0 radical (unpaired) electrons. The fourth-order valence-corrected chi connectivity index (χ4v) is 2.95. The summed E-state index contributed by atoms with van der Waals surface area (Å²) in [5.74, 6) is -0.234. The average Bonchev–Trinajstić information content (AvgIpc) is 2.66. The average molecular weight is 256 g/mol. The molecule has 0 aliphatic heterocycles. The second-order valence-electron chi connectivity index (χ2n) is 5.47. The van der Waals surface area contributed by atoms with Crippen LogP contribution in [-0.2, 0) is 11.2 Å². The first kappa shape index (κ1) is 12.2. The molecule has 0 spiro atoms. The molecule has 4 nitrogen and oxygen atoms in total. The van der Waals surface area contributed by atoms with Crippen molar-refractivity contribution in [2.45, 2.75) is 37.8 Å². The Balaban J connectivity index is 1.81. The largest absolute Gasteiger partial charge is 0.390 e. The molecule has 0 saturated heterocycles. The molecule has 1 saturated carbocycles. The minimum absolute atomic E-state index is 0.234. The standard InChI is InChI=1S/C15H16N2O2/c16-9-15(6-3-7-15)14(19)17-13-11-5-2-1-4-10(11)8-12(13)18/h1-2,4-5,12-13,18H,3,6-8H2,(H,17,19). The van der Waals surface area contributed by atoms with Gasteiger partial charge in [-0.05, 0) is 30.4 Å². The molecule has 2 atom stereocenters. The summed E-state index contributed by atoms with van der Waals surface area (Å²) in [6.07, 6.45) is 2.13. The van der Waals surface area contributed by atoms with Crippen LogP contribution in [-0.4, -0.2) is 17.1 Å². The number of hydrogen-bond donors (Lipinski definition) is 2. The molecule has 0 aromatic heterocycles. The van der Waals surface area contributed by atoms with Gasteiger partial charge in [0.15, 0.2) is 0 Å². The number of aliphatic hydroxyl groups excluding tert-OH is 1. The van der Waals surface area contributed by atoms with Gasteiger partial charge in [-0.3, -0.25) is 4.79 Å². The van der Waals surface area contributed by atoms with Crippen molar-refractivity contribution in [2.75, 3.05) is 0 Å². The molecular weight excluding hydrogens is 240 g/mol. The first-order chi connectivity index (χ1) is 9.16. The minimum atomic E-state index is -0.864. The van der Waals surface area contributed by atoms with Crippen LogP contribution >= 0.6 is 0 Å². The van der Waals surface area contributed by atoms with Gasteiger partial charge in [0.05, 0.1) is 18.2 Å². The van der Waals surface area contributed by atoms with E-state index in [0.717, 1.165) is 17.5 Å². The van der Waals surface area contributed by atoms with Crippen LogP contribution in [0.4, 0.5) is 0 Å². The van der Waals surface area contributed by atoms with E-state index in [1.54, 1.807) is 0 Å². The molecule has 1 amide bonds. The number of nitrogens with one attached hydrogen (secondary N) is 1. The highest BCUT2D eigenvalue weighted by atomic mass is 16.3. The molecule has 1 aromatic rings. The molecule has 2 N–H and O–H groups in total. The molecule has 1 fully saturated rings. The Labute approximate surface area is 112 Å². The summed E-state index contributed by atoms with van der Waals surface area (Å²) in [7, 11) is 0. The number of carbonyl (C=O) groups is 1. The maximum atomic E-state index is 12.2. The Morgan fingerprint density at radius 2 is 2.16 bits per heavy atom. The molecule has 4 heteroatoms. The van der Waals surface area contributed by atoms with E-state index in [1.807, 2.05) is 24.3 Å². The Morgan fingerprint density at radius 3 is 2.79 bits per heavy atom. The van der Waals surface area contributed by atoms with Crippen molar-refractivity contribution >= 4 is 5.91 Å². The van der Waals surface area contributed by atoms with Gasteiger partial charge in [0.1, 0.15) is 5.41 Å². The Bertz CT molecular complexity index is 558. The van der Waals surface area contributed by atoms with Gasteiger partial charge in [0, 0.05) is 6.42 Å². The lowest BCUT2D eigenvalue weighted by atomic mass is 9.69. The summed E-state index contributed by atoms with van der Waals surface area (Å²) in [6, 6.07) is 9.48. The highest BCUT2D eigenvalue weighted by Crippen LogP contribution is 2.41. The number of rotatable bonds is 2. The molecule has 19 heavy (non-hydrogen) atoms. The summed E-state index contributed by atoms with van der Waals surface area (Å²) in [4.78, 5) is 12.2. The molecule has 2 unspecified atom stereocenters. The van der Waals surface area contributed by atoms with Gasteiger partial charge < -0.3 is 10.4 Å². The number of amides is 1. The zero-order valence-electron chi connectivity index (χ0n) is 10.6. The number of fused-ring (bicyclic) bond motifs is 1. The van der Waals surface area contributed by atoms with Gasteiger partial charge in [0.25, 0.3) is 0 Å². The van der Waals surface area contributed by atoms with Crippen molar-refractivity contribution in [2.24, 2.45) is 5.41 Å². The third-order valence-corrected chi connectivity index (χ3v) is 4.35. The summed E-state index contributed by atoms with van der Waals surface area (Å²) >= 11 is 0. The topological polar surface area (TPSA) is 73.1 Å². The predicted molar refractivity (Wildman–Crippen MR) is 68.9 cm³/mol. The summed E-state index contributed by atoms with van der Waals surface area (Å²) in [5, 5.41) is 22.1. The van der Waals surface area contributed by atoms with Crippen molar-refractivity contribution in [1.82, 2.24) is 5.32 Å². The van der Waals surface area contributed by atoms with E-state index < -0.39 is 11.5 Å². The third kappa shape index (κ3) is 1.82. The van der Waals surface area contributed by atoms with Crippen LogP contribution in [0.5, 0.6) is 0 Å². The lowest BCUT2D eigenvalue weighted by Gasteiger charge is -2.35. The number of benzene rings is 1. The van der Waals surface area contributed by atoms with E-state index in [0.29, 0.717) is 19.3 Å². The summed E-state index contributed by atoms with van der Waals surface area (Å²) in [6.45, 7) is 0. The maximum Gasteiger partial charge on any atom is 0.241 e. The first-order valence-corrected chi connectivity index (χ1v) is 6.64. The van der Waals surface area contributed by atoms with E-state index in [2.05, 4.69) is 11.4 Å². The number of aliphatic hydroxyl groups is 1. The Hall–Kier alpha value is -1.86. The van der Waals surface area contributed by atoms with Crippen LogP contribution in [0.2, 0.25) is 0 Å². The van der Waals surface area contributed by atoms with Crippen molar-refractivity contribution in [1.29, 1.82) is 5.26 Å². The van der Waals surface area contributed by atoms with Gasteiger partial charge in [-0.1, -0.05) is 24.3 Å². The van der Waals surface area contributed by atoms with Crippen molar-refractivity contribution in [3.63, 3.8) is 0 Å². The van der Waals surface area contributed by atoms with Gasteiger partial charge >= 0.3 is 0 Å². The van der Waals surface area contributed by atoms with Crippen LogP contribution in [0.1, 0.15) is 36.4 Å². The predicted octanol–water partition coefficient (Wildman–Crippen LogP) is 1.45. The fraction of sp³-hybridized carbons (Fsp3) is 0.467. The normalized spacial score (nSPS) is 26.9. The van der Waals surface area contributed by atoms with Crippen LogP contribution < -0.4 is 5.32 Å². The highest BCUT2D eigenvalue weighted by molar-refractivity contribution is 5.86. The lowest BCUT2D eigenvalue weighted by Crippen LogP contribution is -2.47. The van der Waals surface area contributed by atoms with Gasteiger partial charge in [0.2, 0.25) is 5.91 Å². The van der Waals surface area contributed by atoms with E-state index in [4.69, 9.17) is 5.26 Å². The lowest BCUT2D eigenvalue weighted by molar-refractivity contribution is -0.133. The first-order valence-electron chi connectivity index (χ1n) is 6.64. The monoisotopic (exact) mass is 256 g/mol. The van der Waals surface area contributed by atoms with Crippen LogP contribution in [0, 0.1) is 16.7 Å². The van der Waals surface area contributed by atoms with Crippen molar-refractivity contribution < 1.29 is 9.90 Å². The zero-order chi connectivity index (χ0) is 13.5. The smallest absolute Gasteiger partial charge is 0.241 e. The van der Waals surface area contributed by atoms with Gasteiger partial charge in [-0.25, -0.2) is 0 Å². The van der Waals surface area contributed by atoms with Gasteiger partial charge in [-0.2, -0.15) is 5.26 Å². The number of nitriles is 1. The molecule has 1 aromatic carbocycles. The van der Waals surface area contributed by atoms with Crippen molar-refractivity contribution in [3.05, 3.63) is 35.4 Å². The molecule has 98 valence electrons. The van der Waals surface area contributed by atoms with E-state index >= 15 is 0 Å². The van der Waals surface area contributed by atoms with Crippen LogP contribution in [0.15, 0.2) is 24.3 Å². The summed E-state index contributed by atoms with van der Waals surface area (Å²) < 4.78 is 0. The number of hydrogen-bond acceptors (Lipinski definition) is 3. The van der Waals surface area contributed by atoms with Crippen molar-refractivity contribution in [3.8, 4) is 6.07 Å².